The van der Waals surface area contributed by atoms with Crippen molar-refractivity contribution in [3.8, 4) is 0 Å². The van der Waals surface area contributed by atoms with E-state index in [-0.39, 0.29) is 12.4 Å². The first-order chi connectivity index (χ1) is 8.70. The maximum absolute atomic E-state index is 5.95. The Bertz CT molecular complexity index is 293. The van der Waals surface area contributed by atoms with Crippen molar-refractivity contribution in [2.45, 2.75) is 39.1 Å². The van der Waals surface area contributed by atoms with Gasteiger partial charge < -0.3 is 14.2 Å². The fourth-order valence-electron chi connectivity index (χ4n) is 2.63. The summed E-state index contributed by atoms with van der Waals surface area (Å²) in [5.41, 5.74) is 1.45. The molecule has 18 heavy (non-hydrogen) atoms. The van der Waals surface area contributed by atoms with Gasteiger partial charge in [-0.15, -0.1) is 11.6 Å². The van der Waals surface area contributed by atoms with Crippen molar-refractivity contribution in [3.05, 3.63) is 11.6 Å². The highest BCUT2D eigenvalue weighted by Crippen LogP contribution is 2.35. The van der Waals surface area contributed by atoms with Crippen LogP contribution in [0.2, 0.25) is 0 Å². The van der Waals surface area contributed by atoms with E-state index in [1.165, 1.54) is 5.57 Å². The second kappa shape index (κ2) is 6.90. The molecule has 0 aromatic rings. The Balaban J connectivity index is 1.79. The lowest BCUT2D eigenvalue weighted by Crippen LogP contribution is -2.30. The summed E-state index contributed by atoms with van der Waals surface area (Å²) in [4.78, 5) is 0. The third kappa shape index (κ3) is 3.70. The van der Waals surface area contributed by atoms with Gasteiger partial charge in [0.1, 0.15) is 6.10 Å². The summed E-state index contributed by atoms with van der Waals surface area (Å²) in [7, 11) is 0. The minimum absolute atomic E-state index is 0.0618. The summed E-state index contributed by atoms with van der Waals surface area (Å²) in [5.74, 6) is 1.63. The zero-order valence-corrected chi connectivity index (χ0v) is 12.0. The molecule has 0 saturated carbocycles. The molecule has 1 heterocycles. The number of halogens is 1. The van der Waals surface area contributed by atoms with Gasteiger partial charge in [-0.05, 0) is 25.7 Å². The number of hydrogen-bond donors (Lipinski definition) is 0. The molecule has 1 aliphatic carbocycles. The van der Waals surface area contributed by atoms with E-state index in [9.17, 15) is 0 Å². The molecule has 4 heteroatoms. The largest absolute Gasteiger partial charge is 0.377 e. The summed E-state index contributed by atoms with van der Waals surface area (Å²) in [5, 5.41) is 0. The Hall–Kier alpha value is -0.0900. The molecule has 0 radical (unpaired) electrons. The van der Waals surface area contributed by atoms with Crippen LogP contribution >= 0.6 is 11.6 Å². The third-order valence-electron chi connectivity index (χ3n) is 3.77. The normalized spacial score (nSPS) is 36.7. The monoisotopic (exact) mass is 274 g/mol. The Morgan fingerprint density at radius 3 is 3.11 bits per heavy atom. The highest BCUT2D eigenvalue weighted by molar-refractivity contribution is 6.17. The zero-order chi connectivity index (χ0) is 13.0. The van der Waals surface area contributed by atoms with Gasteiger partial charge in [-0.3, -0.25) is 0 Å². The minimum atomic E-state index is -0.0618. The van der Waals surface area contributed by atoms with Crippen molar-refractivity contribution in [2.24, 2.45) is 11.8 Å². The van der Waals surface area contributed by atoms with Gasteiger partial charge in [-0.25, -0.2) is 0 Å². The van der Waals surface area contributed by atoms with Crippen LogP contribution in [0, 0.1) is 11.8 Å². The van der Waals surface area contributed by atoms with Gasteiger partial charge in [0.15, 0.2) is 6.29 Å². The van der Waals surface area contributed by atoms with Crippen molar-refractivity contribution < 1.29 is 14.2 Å². The molecule has 0 aromatic carbocycles. The molecule has 4 atom stereocenters. The smallest absolute Gasteiger partial charge is 0.161 e. The van der Waals surface area contributed by atoms with Crippen molar-refractivity contribution in [2.75, 3.05) is 25.7 Å². The van der Waals surface area contributed by atoms with Crippen molar-refractivity contribution >= 4 is 11.6 Å². The lowest BCUT2D eigenvalue weighted by molar-refractivity contribution is -0.118. The lowest BCUT2D eigenvalue weighted by atomic mass is 9.81. The molecule has 1 aliphatic heterocycles. The molecular formula is C14H23ClO3. The molecule has 0 N–H and O–H groups in total. The molecule has 0 aromatic heterocycles. The van der Waals surface area contributed by atoms with Crippen molar-refractivity contribution in [3.63, 3.8) is 0 Å². The van der Waals surface area contributed by atoms with Crippen LogP contribution in [0.15, 0.2) is 11.6 Å². The first-order valence-electron chi connectivity index (χ1n) is 6.77. The number of alkyl halides is 1. The number of rotatable bonds is 5. The first-order valence-corrected chi connectivity index (χ1v) is 7.30. The van der Waals surface area contributed by atoms with Crippen molar-refractivity contribution in [1.29, 1.82) is 0 Å². The predicted octanol–water partition coefficient (Wildman–Crippen LogP) is 2.98. The van der Waals surface area contributed by atoms with Crippen LogP contribution in [0.25, 0.3) is 0 Å². The molecule has 104 valence electrons. The minimum Gasteiger partial charge on any atom is -0.377 e. The van der Waals surface area contributed by atoms with Gasteiger partial charge in [0.25, 0.3) is 0 Å². The summed E-state index contributed by atoms with van der Waals surface area (Å²) in [6.45, 7) is 6.26. The second-order valence-corrected chi connectivity index (χ2v) is 5.73. The van der Waals surface area contributed by atoms with Crippen LogP contribution in [-0.2, 0) is 14.2 Å². The molecule has 2 aliphatic rings. The quantitative estimate of drug-likeness (QED) is 0.438. The molecule has 1 saturated heterocycles. The Morgan fingerprint density at radius 2 is 2.33 bits per heavy atom. The summed E-state index contributed by atoms with van der Waals surface area (Å²) >= 11 is 5.57. The molecule has 2 rings (SSSR count). The fourth-order valence-corrected chi connectivity index (χ4v) is 2.74. The van der Waals surface area contributed by atoms with E-state index in [1.54, 1.807) is 0 Å². The Labute approximate surface area is 114 Å². The average Bonchev–Trinajstić information content (AvgIpc) is 2.81. The highest BCUT2D eigenvalue weighted by atomic mass is 35.5. The molecule has 3 nitrogen and oxygen atoms in total. The van der Waals surface area contributed by atoms with Crippen LogP contribution in [0.5, 0.6) is 0 Å². The van der Waals surface area contributed by atoms with Crippen LogP contribution in [0.1, 0.15) is 26.7 Å². The molecule has 0 spiro atoms. The Kier molecular flexibility index (Phi) is 5.49. The van der Waals surface area contributed by atoms with Crippen molar-refractivity contribution in [1.82, 2.24) is 0 Å². The molecule has 0 bridgehead atoms. The van der Waals surface area contributed by atoms with Gasteiger partial charge in [0, 0.05) is 11.8 Å². The standard InChI is InChI=1S/C14H23ClO3/c1-10-3-4-11(2)13(7-10)14-17-9-12(18-14)8-16-6-5-15/h3,11-14H,4-9H2,1-2H3/t11-,12-,13+,14+/m0/s1. The number of hydrogen-bond acceptors (Lipinski definition) is 3. The third-order valence-corrected chi connectivity index (χ3v) is 3.93. The lowest BCUT2D eigenvalue weighted by Gasteiger charge is -2.31. The predicted molar refractivity (Wildman–Crippen MR) is 71.8 cm³/mol. The van der Waals surface area contributed by atoms with Gasteiger partial charge in [0.2, 0.25) is 0 Å². The van der Waals surface area contributed by atoms with E-state index in [0.29, 0.717) is 37.5 Å². The molecule has 0 amide bonds. The average molecular weight is 275 g/mol. The summed E-state index contributed by atoms with van der Waals surface area (Å²) in [6.07, 6.45) is 4.55. The van der Waals surface area contributed by atoms with Gasteiger partial charge in [-0.1, -0.05) is 18.6 Å². The first kappa shape index (κ1) is 14.3. The molecular weight excluding hydrogens is 252 g/mol. The van der Waals surface area contributed by atoms with E-state index in [1.807, 2.05) is 0 Å². The van der Waals surface area contributed by atoms with E-state index in [2.05, 4.69) is 19.9 Å². The van der Waals surface area contributed by atoms with Crippen LogP contribution in [-0.4, -0.2) is 38.1 Å². The highest BCUT2D eigenvalue weighted by Gasteiger charge is 2.36. The van der Waals surface area contributed by atoms with E-state index in [4.69, 9.17) is 25.8 Å². The van der Waals surface area contributed by atoms with Gasteiger partial charge in [0.05, 0.1) is 19.8 Å². The second-order valence-electron chi connectivity index (χ2n) is 5.36. The topological polar surface area (TPSA) is 27.7 Å². The zero-order valence-electron chi connectivity index (χ0n) is 11.2. The van der Waals surface area contributed by atoms with Gasteiger partial charge >= 0.3 is 0 Å². The fraction of sp³-hybridized carbons (Fsp3) is 0.857. The van der Waals surface area contributed by atoms with E-state index in [0.717, 1.165) is 12.8 Å². The number of allylic oxidation sites excluding steroid dienone is 2. The maximum atomic E-state index is 5.95. The van der Waals surface area contributed by atoms with Gasteiger partial charge in [-0.2, -0.15) is 0 Å². The maximum Gasteiger partial charge on any atom is 0.161 e. The van der Waals surface area contributed by atoms with Crippen LogP contribution in [0.4, 0.5) is 0 Å². The molecule has 0 unspecified atom stereocenters. The van der Waals surface area contributed by atoms with Crippen LogP contribution in [0.3, 0.4) is 0 Å². The summed E-state index contributed by atoms with van der Waals surface area (Å²) in [6, 6.07) is 0. The SMILES string of the molecule is CC1=CC[C@H](C)[C@H]([C@@H]2OC[C@H](COCCCl)O2)C1. The number of ether oxygens (including phenoxy) is 3. The summed E-state index contributed by atoms with van der Waals surface area (Å²) < 4.78 is 17.1. The molecule has 1 fully saturated rings. The van der Waals surface area contributed by atoms with Crippen LogP contribution < -0.4 is 0 Å². The van der Waals surface area contributed by atoms with E-state index < -0.39 is 0 Å². The van der Waals surface area contributed by atoms with E-state index >= 15 is 0 Å². The Morgan fingerprint density at radius 1 is 1.50 bits per heavy atom.